The van der Waals surface area contributed by atoms with Gasteiger partial charge in [0.1, 0.15) is 0 Å². The number of aromatic nitrogens is 2. The zero-order valence-corrected chi connectivity index (χ0v) is 11.9. The normalized spacial score (nSPS) is 17.1. The lowest BCUT2D eigenvalue weighted by Crippen LogP contribution is -2.28. The second-order valence-corrected chi connectivity index (χ2v) is 5.34. The quantitative estimate of drug-likeness (QED) is 0.940. The summed E-state index contributed by atoms with van der Waals surface area (Å²) in [5.41, 5.74) is 0.894. The van der Waals surface area contributed by atoms with Gasteiger partial charge in [0.25, 0.3) is 5.89 Å². The summed E-state index contributed by atoms with van der Waals surface area (Å²) in [6.45, 7) is 4.92. The summed E-state index contributed by atoms with van der Waals surface area (Å²) < 4.78 is 5.32. The summed E-state index contributed by atoms with van der Waals surface area (Å²) >= 11 is 5.87. The summed E-state index contributed by atoms with van der Waals surface area (Å²) in [7, 11) is 0. The zero-order chi connectivity index (χ0) is 13.8. The smallest absolute Gasteiger partial charge is 0.257 e. The second-order valence-electron chi connectivity index (χ2n) is 4.90. The van der Waals surface area contributed by atoms with E-state index in [4.69, 9.17) is 16.1 Å². The number of nitrogens with one attached hydrogen (secondary N) is 1. The van der Waals surface area contributed by atoms with E-state index in [0.29, 0.717) is 10.9 Å². The minimum Gasteiger partial charge on any atom is -0.334 e. The Hall–Kier alpha value is -1.43. The molecule has 0 saturated carbocycles. The number of rotatable bonds is 3. The van der Waals surface area contributed by atoms with Crippen LogP contribution in [-0.2, 0) is 6.54 Å². The molecule has 1 N–H and O–H groups in total. The van der Waals surface area contributed by atoms with Gasteiger partial charge in [-0.1, -0.05) is 16.8 Å². The maximum atomic E-state index is 5.87. The molecule has 1 saturated heterocycles. The monoisotopic (exact) mass is 292 g/mol. The van der Waals surface area contributed by atoms with Crippen LogP contribution in [0.1, 0.15) is 12.2 Å². The Morgan fingerprint density at radius 3 is 2.90 bits per heavy atom. The number of benzene rings is 1. The molecule has 2 aromatic rings. The molecule has 0 bridgehead atoms. The number of nitrogens with zero attached hydrogens (tertiary/aromatic N) is 3. The lowest BCUT2D eigenvalue weighted by atomic mass is 10.2. The van der Waals surface area contributed by atoms with E-state index >= 15 is 0 Å². The first-order valence-corrected chi connectivity index (χ1v) is 7.21. The predicted molar refractivity (Wildman–Crippen MR) is 77.5 cm³/mol. The standard InChI is InChI=1S/C14H17ClN4O/c15-12-4-2-11(3-5-12)14-17-13(18-20-14)10-19-8-1-6-16-7-9-19/h2-5,16H,1,6-10H2. The molecule has 5 nitrogen and oxygen atoms in total. The molecule has 0 atom stereocenters. The van der Waals surface area contributed by atoms with Crippen molar-refractivity contribution in [1.82, 2.24) is 20.4 Å². The van der Waals surface area contributed by atoms with Crippen LogP contribution in [0.25, 0.3) is 11.5 Å². The van der Waals surface area contributed by atoms with Crippen LogP contribution in [0.2, 0.25) is 5.02 Å². The van der Waals surface area contributed by atoms with Crippen molar-refractivity contribution in [3.8, 4) is 11.5 Å². The topological polar surface area (TPSA) is 54.2 Å². The number of hydrogen-bond donors (Lipinski definition) is 1. The van der Waals surface area contributed by atoms with Crippen LogP contribution in [0, 0.1) is 0 Å². The minimum atomic E-state index is 0.546. The Morgan fingerprint density at radius 1 is 1.20 bits per heavy atom. The summed E-state index contributed by atoms with van der Waals surface area (Å²) in [4.78, 5) is 6.80. The Bertz CT molecular complexity index is 547. The number of halogens is 1. The van der Waals surface area contributed by atoms with Gasteiger partial charge in [0.2, 0.25) is 0 Å². The molecule has 0 amide bonds. The minimum absolute atomic E-state index is 0.546. The van der Waals surface area contributed by atoms with Crippen LogP contribution in [-0.4, -0.2) is 41.2 Å². The molecule has 0 radical (unpaired) electrons. The van der Waals surface area contributed by atoms with Crippen molar-refractivity contribution in [2.75, 3.05) is 26.2 Å². The third kappa shape index (κ3) is 3.36. The summed E-state index contributed by atoms with van der Waals surface area (Å²) in [6, 6.07) is 7.41. The van der Waals surface area contributed by atoms with E-state index in [1.165, 1.54) is 0 Å². The molecule has 3 rings (SSSR count). The average molecular weight is 293 g/mol. The molecule has 1 fully saturated rings. The molecule has 0 aliphatic carbocycles. The van der Waals surface area contributed by atoms with Gasteiger partial charge >= 0.3 is 0 Å². The third-order valence-electron chi connectivity index (χ3n) is 3.36. The van der Waals surface area contributed by atoms with Gasteiger partial charge in [-0.3, -0.25) is 4.90 Å². The van der Waals surface area contributed by atoms with Gasteiger partial charge in [0, 0.05) is 23.7 Å². The zero-order valence-electron chi connectivity index (χ0n) is 11.2. The molecule has 1 aromatic carbocycles. The van der Waals surface area contributed by atoms with Crippen LogP contribution in [0.15, 0.2) is 28.8 Å². The van der Waals surface area contributed by atoms with E-state index in [-0.39, 0.29) is 0 Å². The van der Waals surface area contributed by atoms with Crippen LogP contribution in [0.5, 0.6) is 0 Å². The van der Waals surface area contributed by atoms with Crippen molar-refractivity contribution < 1.29 is 4.52 Å². The molecule has 2 heterocycles. The molecule has 1 aromatic heterocycles. The first-order valence-electron chi connectivity index (χ1n) is 6.83. The van der Waals surface area contributed by atoms with Crippen molar-refractivity contribution in [1.29, 1.82) is 0 Å². The number of hydrogen-bond acceptors (Lipinski definition) is 5. The summed E-state index contributed by atoms with van der Waals surface area (Å²) in [5, 5.41) is 8.14. The fourth-order valence-corrected chi connectivity index (χ4v) is 2.41. The largest absolute Gasteiger partial charge is 0.334 e. The fourth-order valence-electron chi connectivity index (χ4n) is 2.29. The molecule has 106 valence electrons. The van der Waals surface area contributed by atoms with E-state index in [9.17, 15) is 0 Å². The first kappa shape index (κ1) is 13.5. The molecule has 20 heavy (non-hydrogen) atoms. The molecular formula is C14H17ClN4O. The van der Waals surface area contributed by atoms with E-state index in [2.05, 4.69) is 20.4 Å². The highest BCUT2D eigenvalue weighted by Crippen LogP contribution is 2.20. The van der Waals surface area contributed by atoms with Crippen LogP contribution < -0.4 is 5.32 Å². The second kappa shape index (κ2) is 6.35. The van der Waals surface area contributed by atoms with Gasteiger partial charge < -0.3 is 9.84 Å². The Balaban J connectivity index is 1.68. The highest BCUT2D eigenvalue weighted by atomic mass is 35.5. The van der Waals surface area contributed by atoms with E-state index in [1.54, 1.807) is 0 Å². The maximum absolute atomic E-state index is 5.87. The maximum Gasteiger partial charge on any atom is 0.257 e. The van der Waals surface area contributed by atoms with Crippen LogP contribution in [0.4, 0.5) is 0 Å². The Kier molecular flexibility index (Phi) is 4.30. The summed E-state index contributed by atoms with van der Waals surface area (Å²) in [6.07, 6.45) is 1.15. The van der Waals surface area contributed by atoms with E-state index in [0.717, 1.165) is 50.5 Å². The van der Waals surface area contributed by atoms with E-state index in [1.807, 2.05) is 24.3 Å². The van der Waals surface area contributed by atoms with Crippen LogP contribution >= 0.6 is 11.6 Å². The molecule has 1 aliphatic rings. The molecule has 1 aliphatic heterocycles. The Labute approximate surface area is 122 Å². The van der Waals surface area contributed by atoms with E-state index < -0.39 is 0 Å². The predicted octanol–water partition coefficient (Wildman–Crippen LogP) is 2.19. The van der Waals surface area contributed by atoms with Crippen molar-refractivity contribution in [3.05, 3.63) is 35.1 Å². The lowest BCUT2D eigenvalue weighted by Gasteiger charge is -2.16. The molecule has 0 spiro atoms. The van der Waals surface area contributed by atoms with Gasteiger partial charge in [-0.2, -0.15) is 4.98 Å². The van der Waals surface area contributed by atoms with Gasteiger partial charge in [-0.05, 0) is 43.8 Å². The molecule has 0 unspecified atom stereocenters. The van der Waals surface area contributed by atoms with Crippen molar-refractivity contribution in [3.63, 3.8) is 0 Å². The third-order valence-corrected chi connectivity index (χ3v) is 3.61. The Morgan fingerprint density at radius 2 is 2.05 bits per heavy atom. The summed E-state index contributed by atoms with van der Waals surface area (Å²) in [5.74, 6) is 1.28. The van der Waals surface area contributed by atoms with Gasteiger partial charge in [0.15, 0.2) is 5.82 Å². The van der Waals surface area contributed by atoms with Gasteiger partial charge in [-0.25, -0.2) is 0 Å². The lowest BCUT2D eigenvalue weighted by molar-refractivity contribution is 0.271. The van der Waals surface area contributed by atoms with Crippen LogP contribution in [0.3, 0.4) is 0 Å². The van der Waals surface area contributed by atoms with Crippen molar-refractivity contribution >= 4 is 11.6 Å². The highest BCUT2D eigenvalue weighted by molar-refractivity contribution is 6.30. The van der Waals surface area contributed by atoms with Gasteiger partial charge in [-0.15, -0.1) is 0 Å². The first-order chi connectivity index (χ1) is 9.81. The highest BCUT2D eigenvalue weighted by Gasteiger charge is 2.14. The average Bonchev–Trinajstić information content (AvgIpc) is 2.76. The SMILES string of the molecule is Clc1ccc(-c2nc(CN3CCCNCC3)no2)cc1. The van der Waals surface area contributed by atoms with Crippen molar-refractivity contribution in [2.45, 2.75) is 13.0 Å². The van der Waals surface area contributed by atoms with Crippen molar-refractivity contribution in [2.24, 2.45) is 0 Å². The molecular weight excluding hydrogens is 276 g/mol. The van der Waals surface area contributed by atoms with Gasteiger partial charge in [0.05, 0.1) is 6.54 Å². The molecule has 6 heteroatoms. The fraction of sp³-hybridized carbons (Fsp3) is 0.429.